The third-order valence-corrected chi connectivity index (χ3v) is 3.51. The quantitative estimate of drug-likeness (QED) is 0.591. The van der Waals surface area contributed by atoms with E-state index in [0.29, 0.717) is 0 Å². The van der Waals surface area contributed by atoms with Gasteiger partial charge in [0.1, 0.15) is 11.5 Å². The van der Waals surface area contributed by atoms with Crippen LogP contribution in [0.3, 0.4) is 0 Å². The molecule has 0 fully saturated rings. The largest absolute Gasteiger partial charge is 0.507 e. The fourth-order valence-electron chi connectivity index (χ4n) is 1.73. The van der Waals surface area contributed by atoms with E-state index in [2.05, 4.69) is 10.5 Å². The van der Waals surface area contributed by atoms with Gasteiger partial charge in [-0.15, -0.1) is 0 Å². The van der Waals surface area contributed by atoms with Crippen molar-refractivity contribution in [3.05, 3.63) is 57.1 Å². The van der Waals surface area contributed by atoms with Crippen LogP contribution in [0.4, 0.5) is 0 Å². The smallest absolute Gasteiger partial charge is 0.275 e. The lowest BCUT2D eigenvalue weighted by atomic mass is 10.1. The summed E-state index contributed by atoms with van der Waals surface area (Å²) >= 11 is 11.7. The zero-order valence-electron chi connectivity index (χ0n) is 11.5. The molecular formula is C15H12Cl2N2O3. The van der Waals surface area contributed by atoms with E-state index in [0.717, 1.165) is 5.56 Å². The van der Waals surface area contributed by atoms with Gasteiger partial charge in [0.2, 0.25) is 0 Å². The van der Waals surface area contributed by atoms with Gasteiger partial charge in [0.15, 0.2) is 0 Å². The highest BCUT2D eigenvalue weighted by Gasteiger charge is 2.11. The first-order valence-electron chi connectivity index (χ1n) is 6.20. The number of hydrogen-bond acceptors (Lipinski definition) is 4. The van der Waals surface area contributed by atoms with E-state index in [1.807, 2.05) is 0 Å². The van der Waals surface area contributed by atoms with Gasteiger partial charge in [0.05, 0.1) is 27.4 Å². The SMILES string of the molecule is Cc1ccc(C(=O)N/N=C/c2c(Cl)ccc(Cl)c2O)c(O)c1. The summed E-state index contributed by atoms with van der Waals surface area (Å²) in [6, 6.07) is 7.59. The second-order valence-corrected chi connectivity index (χ2v) is 5.33. The van der Waals surface area contributed by atoms with E-state index in [1.54, 1.807) is 13.0 Å². The van der Waals surface area contributed by atoms with Crippen molar-refractivity contribution < 1.29 is 15.0 Å². The summed E-state index contributed by atoms with van der Waals surface area (Å²) in [5.74, 6) is -0.965. The highest BCUT2D eigenvalue weighted by Crippen LogP contribution is 2.31. The maximum atomic E-state index is 11.9. The van der Waals surface area contributed by atoms with Crippen molar-refractivity contribution >= 4 is 35.3 Å². The highest BCUT2D eigenvalue weighted by atomic mass is 35.5. The number of hydrogen-bond donors (Lipinski definition) is 3. The number of nitrogens with one attached hydrogen (secondary N) is 1. The van der Waals surface area contributed by atoms with E-state index in [4.69, 9.17) is 23.2 Å². The molecule has 0 saturated heterocycles. The van der Waals surface area contributed by atoms with Gasteiger partial charge in [-0.2, -0.15) is 5.10 Å². The number of phenols is 2. The Kier molecular flexibility index (Phi) is 4.90. The van der Waals surface area contributed by atoms with Crippen LogP contribution in [-0.4, -0.2) is 22.3 Å². The molecule has 0 radical (unpaired) electrons. The molecular weight excluding hydrogens is 327 g/mol. The summed E-state index contributed by atoms with van der Waals surface area (Å²) in [7, 11) is 0. The Bertz CT molecular complexity index is 761. The molecule has 0 aromatic heterocycles. The summed E-state index contributed by atoms with van der Waals surface area (Å²) in [5.41, 5.74) is 3.34. The minimum absolute atomic E-state index is 0.0872. The zero-order chi connectivity index (χ0) is 16.3. The minimum Gasteiger partial charge on any atom is -0.507 e. The first kappa shape index (κ1) is 16.1. The molecule has 7 heteroatoms. The Morgan fingerprint density at radius 1 is 1.18 bits per heavy atom. The highest BCUT2D eigenvalue weighted by molar-refractivity contribution is 6.36. The van der Waals surface area contributed by atoms with Crippen molar-refractivity contribution in [2.75, 3.05) is 0 Å². The van der Waals surface area contributed by atoms with Crippen LogP contribution in [0.2, 0.25) is 10.0 Å². The molecule has 0 aliphatic heterocycles. The summed E-state index contributed by atoms with van der Waals surface area (Å²) in [6.45, 7) is 1.80. The average molecular weight is 339 g/mol. The van der Waals surface area contributed by atoms with Gasteiger partial charge in [-0.05, 0) is 36.8 Å². The van der Waals surface area contributed by atoms with Crippen LogP contribution in [-0.2, 0) is 0 Å². The summed E-state index contributed by atoms with van der Waals surface area (Å²) in [5, 5.41) is 23.5. The van der Waals surface area contributed by atoms with E-state index in [1.165, 1.54) is 30.5 Å². The second-order valence-electron chi connectivity index (χ2n) is 4.51. The van der Waals surface area contributed by atoms with Crippen molar-refractivity contribution in [2.24, 2.45) is 5.10 Å². The maximum absolute atomic E-state index is 11.9. The normalized spacial score (nSPS) is 10.9. The number of aryl methyl sites for hydroxylation is 1. The van der Waals surface area contributed by atoms with Gasteiger partial charge in [0, 0.05) is 0 Å². The third-order valence-electron chi connectivity index (χ3n) is 2.87. The molecule has 0 atom stereocenters. The van der Waals surface area contributed by atoms with Crippen LogP contribution in [0.5, 0.6) is 11.5 Å². The molecule has 2 rings (SSSR count). The van der Waals surface area contributed by atoms with Gasteiger partial charge in [-0.25, -0.2) is 5.43 Å². The lowest BCUT2D eigenvalue weighted by molar-refractivity contribution is 0.0952. The molecule has 114 valence electrons. The number of halogens is 2. The minimum atomic E-state index is -0.591. The number of carbonyl (C=O) groups excluding carboxylic acids is 1. The van der Waals surface area contributed by atoms with Gasteiger partial charge in [0.25, 0.3) is 5.91 Å². The molecule has 1 amide bonds. The fraction of sp³-hybridized carbons (Fsp3) is 0.0667. The Balaban J connectivity index is 2.16. The van der Waals surface area contributed by atoms with Crippen LogP contribution < -0.4 is 5.43 Å². The van der Waals surface area contributed by atoms with Crippen LogP contribution in [0, 0.1) is 6.92 Å². The Hall–Kier alpha value is -2.24. The van der Waals surface area contributed by atoms with Crippen molar-refractivity contribution in [2.45, 2.75) is 6.92 Å². The third kappa shape index (κ3) is 3.50. The first-order valence-corrected chi connectivity index (χ1v) is 6.95. The van der Waals surface area contributed by atoms with Crippen molar-refractivity contribution in [3.8, 4) is 11.5 Å². The standard InChI is InChI=1S/C15H12Cl2N2O3/c1-8-2-3-9(13(20)6-8)15(22)19-18-7-10-11(16)4-5-12(17)14(10)21/h2-7,20-21H,1H3,(H,19,22)/b18-7+. The van der Waals surface area contributed by atoms with Crippen molar-refractivity contribution in [1.29, 1.82) is 0 Å². The number of rotatable bonds is 3. The molecule has 0 heterocycles. The molecule has 2 aromatic rings. The second kappa shape index (κ2) is 6.68. The lowest BCUT2D eigenvalue weighted by Gasteiger charge is -2.05. The van der Waals surface area contributed by atoms with E-state index in [-0.39, 0.29) is 32.7 Å². The van der Waals surface area contributed by atoms with Crippen LogP contribution in [0.25, 0.3) is 0 Å². The average Bonchev–Trinajstić information content (AvgIpc) is 2.46. The summed E-state index contributed by atoms with van der Waals surface area (Å²) in [6.07, 6.45) is 1.17. The van der Waals surface area contributed by atoms with Crippen LogP contribution in [0.1, 0.15) is 21.5 Å². The lowest BCUT2D eigenvalue weighted by Crippen LogP contribution is -2.17. The predicted octanol–water partition coefficient (Wildman–Crippen LogP) is 3.48. The van der Waals surface area contributed by atoms with Crippen LogP contribution >= 0.6 is 23.2 Å². The molecule has 22 heavy (non-hydrogen) atoms. The molecule has 0 aliphatic carbocycles. The number of benzene rings is 2. The van der Waals surface area contributed by atoms with E-state index >= 15 is 0 Å². The Morgan fingerprint density at radius 3 is 2.55 bits per heavy atom. The molecule has 0 spiro atoms. The van der Waals surface area contributed by atoms with Gasteiger partial charge < -0.3 is 10.2 Å². The summed E-state index contributed by atoms with van der Waals surface area (Å²) < 4.78 is 0. The van der Waals surface area contributed by atoms with Crippen molar-refractivity contribution in [3.63, 3.8) is 0 Å². The van der Waals surface area contributed by atoms with Gasteiger partial charge in [-0.3, -0.25) is 4.79 Å². The number of hydrazone groups is 1. The monoisotopic (exact) mass is 338 g/mol. The molecule has 0 aliphatic rings. The number of aromatic hydroxyl groups is 2. The molecule has 0 saturated carbocycles. The molecule has 2 aromatic carbocycles. The van der Waals surface area contributed by atoms with Gasteiger partial charge in [-0.1, -0.05) is 29.3 Å². The summed E-state index contributed by atoms with van der Waals surface area (Å²) in [4.78, 5) is 11.9. The van der Waals surface area contributed by atoms with E-state index in [9.17, 15) is 15.0 Å². The number of nitrogens with zero attached hydrogens (tertiary/aromatic N) is 1. The number of carbonyl (C=O) groups is 1. The van der Waals surface area contributed by atoms with Gasteiger partial charge >= 0.3 is 0 Å². The predicted molar refractivity (Wildman–Crippen MR) is 86.0 cm³/mol. The Morgan fingerprint density at radius 2 is 1.86 bits per heavy atom. The molecule has 0 bridgehead atoms. The number of amides is 1. The first-order chi connectivity index (χ1) is 10.4. The van der Waals surface area contributed by atoms with E-state index < -0.39 is 5.91 Å². The number of phenolic OH excluding ortho intramolecular Hbond substituents is 2. The molecule has 5 nitrogen and oxygen atoms in total. The zero-order valence-corrected chi connectivity index (χ0v) is 13.0. The van der Waals surface area contributed by atoms with Crippen LogP contribution in [0.15, 0.2) is 35.4 Å². The fourth-order valence-corrected chi connectivity index (χ4v) is 2.10. The molecule has 3 N–H and O–H groups in total. The van der Waals surface area contributed by atoms with Crippen molar-refractivity contribution in [1.82, 2.24) is 5.43 Å². The maximum Gasteiger partial charge on any atom is 0.275 e. The topological polar surface area (TPSA) is 81.9 Å². The molecule has 0 unspecified atom stereocenters. The Labute approximate surface area is 136 Å².